The van der Waals surface area contributed by atoms with Gasteiger partial charge in [0.05, 0.1) is 40.3 Å². The smallest absolute Gasteiger partial charge is 0.302 e. The first-order valence-corrected chi connectivity index (χ1v) is 13.1. The number of imidazole rings is 1. The molecule has 0 radical (unpaired) electrons. The van der Waals surface area contributed by atoms with E-state index < -0.39 is 23.5 Å². The highest BCUT2D eigenvalue weighted by atomic mass is 35.5. The molecule has 39 heavy (non-hydrogen) atoms. The predicted molar refractivity (Wildman–Crippen MR) is 154 cm³/mol. The van der Waals surface area contributed by atoms with Crippen molar-refractivity contribution in [2.45, 2.75) is 39.2 Å². The average molecular weight is 564 g/mol. The van der Waals surface area contributed by atoms with Gasteiger partial charge in [0.15, 0.2) is 0 Å². The maximum atomic E-state index is 13.6. The molecule has 1 aliphatic rings. The fourth-order valence-electron chi connectivity index (χ4n) is 4.84. The molecule has 1 atom stereocenters. The lowest BCUT2D eigenvalue weighted by Gasteiger charge is -2.25. The van der Waals surface area contributed by atoms with E-state index in [1.807, 2.05) is 49.4 Å². The molecule has 9 heteroatoms. The van der Waals surface area contributed by atoms with Crippen molar-refractivity contribution in [3.63, 3.8) is 0 Å². The number of anilines is 1. The zero-order chi connectivity index (χ0) is 28.2. The molecule has 3 aromatic carbocycles. The van der Waals surface area contributed by atoms with Gasteiger partial charge in [-0.25, -0.2) is 4.98 Å². The summed E-state index contributed by atoms with van der Waals surface area (Å²) < 4.78 is 5.42. The van der Waals surface area contributed by atoms with Crippen molar-refractivity contribution < 1.29 is 19.4 Å². The van der Waals surface area contributed by atoms with E-state index >= 15 is 0 Å². The molecule has 1 saturated heterocycles. The maximum Gasteiger partial charge on any atom is 0.302 e. The van der Waals surface area contributed by atoms with Crippen molar-refractivity contribution >= 4 is 57.6 Å². The zero-order valence-electron chi connectivity index (χ0n) is 22.1. The molecule has 0 bridgehead atoms. The number of hydrogen-bond donors (Lipinski definition) is 2. The Kier molecular flexibility index (Phi) is 6.69. The predicted octanol–water partition coefficient (Wildman–Crippen LogP) is 7.11. The Balaban J connectivity index is 1.76. The molecule has 1 aliphatic heterocycles. The topological polar surface area (TPSA) is 95.5 Å². The number of nitrogens with zero attached hydrogens (tertiary/aromatic N) is 2. The number of rotatable bonds is 4. The van der Waals surface area contributed by atoms with E-state index in [9.17, 15) is 14.7 Å². The second-order valence-corrected chi connectivity index (χ2v) is 11.4. The van der Waals surface area contributed by atoms with Crippen LogP contribution < -0.4 is 9.64 Å². The second kappa shape index (κ2) is 9.74. The van der Waals surface area contributed by atoms with Gasteiger partial charge in [-0.2, -0.15) is 0 Å². The van der Waals surface area contributed by atoms with Gasteiger partial charge in [0, 0.05) is 5.02 Å². The molecule has 0 spiro atoms. The SMILES string of the molecule is COc1c(Cl)cc(Cl)cc1/C(O)=C1\C(=O)C(=O)N(c2nc3ccc(C)cc3[nH]2)C1c1ccc(C(C)(C)C)cc1. The van der Waals surface area contributed by atoms with Crippen LogP contribution in [0.25, 0.3) is 16.8 Å². The van der Waals surface area contributed by atoms with Gasteiger partial charge >= 0.3 is 5.91 Å². The summed E-state index contributed by atoms with van der Waals surface area (Å²) in [5.41, 5.74) is 3.93. The largest absolute Gasteiger partial charge is 0.507 e. The van der Waals surface area contributed by atoms with Crippen LogP contribution in [0.3, 0.4) is 0 Å². The number of methoxy groups -OCH3 is 1. The van der Waals surface area contributed by atoms with E-state index in [4.69, 9.17) is 27.9 Å². The quantitative estimate of drug-likeness (QED) is 0.157. The Hall–Kier alpha value is -3.81. The number of fused-ring (bicyclic) bond motifs is 1. The normalized spacial score (nSPS) is 17.3. The van der Waals surface area contributed by atoms with E-state index in [0.29, 0.717) is 11.1 Å². The molecule has 7 nitrogen and oxygen atoms in total. The third-order valence-corrected chi connectivity index (χ3v) is 7.36. The van der Waals surface area contributed by atoms with Gasteiger partial charge in [0.1, 0.15) is 11.5 Å². The first kappa shape index (κ1) is 26.8. The number of H-pyrrole nitrogens is 1. The Bertz CT molecular complexity index is 1670. The van der Waals surface area contributed by atoms with Gasteiger partial charge in [-0.1, -0.05) is 74.3 Å². The van der Waals surface area contributed by atoms with E-state index in [0.717, 1.165) is 16.6 Å². The molecule has 4 aromatic rings. The molecular formula is C30H27Cl2N3O4. The number of aryl methyl sites for hydroxylation is 1. The number of aliphatic hydroxyl groups excluding tert-OH is 1. The van der Waals surface area contributed by atoms with Crippen LogP contribution >= 0.6 is 23.2 Å². The molecule has 0 aliphatic carbocycles. The third-order valence-electron chi connectivity index (χ3n) is 6.86. The number of aliphatic hydroxyl groups is 1. The zero-order valence-corrected chi connectivity index (χ0v) is 23.6. The van der Waals surface area contributed by atoms with Crippen LogP contribution in [0, 0.1) is 6.92 Å². The van der Waals surface area contributed by atoms with Crippen molar-refractivity contribution in [3.05, 3.63) is 92.5 Å². The summed E-state index contributed by atoms with van der Waals surface area (Å²) in [6, 6.07) is 15.2. The number of aromatic nitrogens is 2. The number of ether oxygens (including phenoxy) is 1. The molecule has 5 rings (SSSR count). The second-order valence-electron chi connectivity index (χ2n) is 10.6. The van der Waals surface area contributed by atoms with Gasteiger partial charge in [-0.15, -0.1) is 0 Å². The standard InChI is InChI=1S/C30H27Cl2N3O4/c1-15-6-11-21-22(12-15)34-29(33-21)35-24(16-7-9-17(10-8-16)30(2,3)4)23(26(37)28(35)38)25(36)19-13-18(31)14-20(32)27(19)39-5/h6-14,24,36H,1-5H3,(H,33,34)/b25-23+. The van der Waals surface area contributed by atoms with Crippen LogP contribution in [0.5, 0.6) is 5.75 Å². The highest BCUT2D eigenvalue weighted by Crippen LogP contribution is 2.45. The highest BCUT2D eigenvalue weighted by Gasteiger charge is 2.48. The first-order chi connectivity index (χ1) is 18.4. The number of carbonyl (C=O) groups excluding carboxylic acids is 2. The number of ketones is 1. The van der Waals surface area contributed by atoms with Crippen molar-refractivity contribution in [2.24, 2.45) is 0 Å². The van der Waals surface area contributed by atoms with Gasteiger partial charge in [0.25, 0.3) is 5.78 Å². The Morgan fingerprint density at radius 2 is 1.74 bits per heavy atom. The van der Waals surface area contributed by atoms with Gasteiger partial charge in [-0.05, 0) is 53.3 Å². The van der Waals surface area contributed by atoms with Crippen molar-refractivity contribution in [1.29, 1.82) is 0 Å². The van der Waals surface area contributed by atoms with Gasteiger partial charge < -0.3 is 14.8 Å². The molecule has 1 fully saturated rings. The molecule has 1 unspecified atom stereocenters. The fraction of sp³-hybridized carbons (Fsp3) is 0.233. The summed E-state index contributed by atoms with van der Waals surface area (Å²) >= 11 is 12.6. The molecule has 200 valence electrons. The minimum absolute atomic E-state index is 0.101. The van der Waals surface area contributed by atoms with Crippen LogP contribution in [0.1, 0.15) is 49.1 Å². The van der Waals surface area contributed by atoms with E-state index in [1.165, 1.54) is 24.1 Å². The van der Waals surface area contributed by atoms with Crippen LogP contribution in [0.4, 0.5) is 5.95 Å². The lowest BCUT2D eigenvalue weighted by atomic mass is 9.85. The Morgan fingerprint density at radius 1 is 1.05 bits per heavy atom. The summed E-state index contributed by atoms with van der Waals surface area (Å²) in [6.45, 7) is 8.24. The average Bonchev–Trinajstić information content (AvgIpc) is 3.40. The maximum absolute atomic E-state index is 13.6. The van der Waals surface area contributed by atoms with Crippen LogP contribution in [0.2, 0.25) is 10.0 Å². The van der Waals surface area contributed by atoms with E-state index in [2.05, 4.69) is 30.7 Å². The Labute approximate surface area is 236 Å². The molecule has 2 N–H and O–H groups in total. The van der Waals surface area contributed by atoms with Crippen molar-refractivity contribution in [1.82, 2.24) is 9.97 Å². The number of nitrogens with one attached hydrogen (secondary N) is 1. The fourth-order valence-corrected chi connectivity index (χ4v) is 5.42. The summed E-state index contributed by atoms with van der Waals surface area (Å²) in [4.78, 5) is 36.2. The number of aromatic amines is 1. The van der Waals surface area contributed by atoms with Crippen molar-refractivity contribution in [2.75, 3.05) is 12.0 Å². The van der Waals surface area contributed by atoms with Gasteiger partial charge in [0.2, 0.25) is 5.95 Å². The summed E-state index contributed by atoms with van der Waals surface area (Å²) in [5.74, 6) is -1.82. The summed E-state index contributed by atoms with van der Waals surface area (Å²) in [5, 5.41) is 12.0. The highest BCUT2D eigenvalue weighted by molar-refractivity contribution is 6.51. The monoisotopic (exact) mass is 563 g/mol. The molecule has 1 aromatic heterocycles. The van der Waals surface area contributed by atoms with Crippen LogP contribution in [0.15, 0.2) is 60.2 Å². The minimum atomic E-state index is -0.983. The summed E-state index contributed by atoms with van der Waals surface area (Å²) in [6.07, 6.45) is 0. The molecule has 0 saturated carbocycles. The number of Topliss-reactive ketones (excluding diaryl/α,β-unsaturated/α-hetero) is 1. The lowest BCUT2D eigenvalue weighted by molar-refractivity contribution is -0.132. The Morgan fingerprint density at radius 3 is 2.38 bits per heavy atom. The number of halogens is 2. The van der Waals surface area contributed by atoms with Crippen LogP contribution in [-0.4, -0.2) is 33.9 Å². The lowest BCUT2D eigenvalue weighted by Crippen LogP contribution is -2.30. The number of carbonyl (C=O) groups is 2. The third kappa shape index (κ3) is 4.66. The minimum Gasteiger partial charge on any atom is -0.507 e. The van der Waals surface area contributed by atoms with E-state index in [1.54, 1.807) is 0 Å². The summed E-state index contributed by atoms with van der Waals surface area (Å²) in [7, 11) is 1.39. The molecule has 2 heterocycles. The van der Waals surface area contributed by atoms with Crippen molar-refractivity contribution in [3.8, 4) is 5.75 Å². The number of hydrogen-bond acceptors (Lipinski definition) is 5. The first-order valence-electron chi connectivity index (χ1n) is 12.3. The molecular weight excluding hydrogens is 537 g/mol. The molecule has 1 amide bonds. The van der Waals surface area contributed by atoms with E-state index in [-0.39, 0.29) is 38.3 Å². The number of benzene rings is 3. The van der Waals surface area contributed by atoms with Gasteiger partial charge in [-0.3, -0.25) is 14.5 Å². The van der Waals surface area contributed by atoms with Crippen LogP contribution in [-0.2, 0) is 15.0 Å². The number of amides is 1.